The van der Waals surface area contributed by atoms with Gasteiger partial charge >= 0.3 is 0 Å². The molecular weight excluding hydrogens is 370 g/mol. The normalized spacial score (nSPS) is 41.4. The molecule has 1 rings (SSSR count). The third kappa shape index (κ3) is 2.24. The second kappa shape index (κ2) is 6.42. The zero-order valence-corrected chi connectivity index (χ0v) is 14.8. The maximum Gasteiger partial charge on any atom is 0.288 e. The third-order valence-corrected chi connectivity index (χ3v) is 4.92. The Balaban J connectivity index is 4.35. The number of aliphatic hydroxyl groups is 5. The minimum atomic E-state index is -3.97. The molecule has 1 aliphatic heterocycles. The number of aliphatic hydroxyl groups excluding tert-OH is 1. The molecule has 1 unspecified atom stereocenters. The molecule has 0 aliphatic carbocycles. The van der Waals surface area contributed by atoms with Crippen molar-refractivity contribution in [2.45, 2.75) is 56.0 Å². The number of nitrogens with zero attached hydrogens (tertiary/aromatic N) is 3. The van der Waals surface area contributed by atoms with Crippen LogP contribution in [-0.4, -0.2) is 83.6 Å². The fraction of sp³-hybridized carbons (Fsp3) is 0.714. The molecule has 0 aromatic rings. The van der Waals surface area contributed by atoms with Gasteiger partial charge in [-0.25, -0.2) is 0 Å². The molecule has 13 heteroatoms. The molecule has 1 fully saturated rings. The van der Waals surface area contributed by atoms with Gasteiger partial charge in [-0.05, 0) is 38.3 Å². The van der Waals surface area contributed by atoms with Gasteiger partial charge in [0, 0.05) is 4.91 Å². The zero-order chi connectivity index (χ0) is 21.6. The smallest absolute Gasteiger partial charge is 0.288 e. The number of hydrogen-bond donors (Lipinski definition) is 5. The number of hydrogen-bond acceptors (Lipinski definition) is 11. The quantitative estimate of drug-likeness (QED) is 0.179. The molecule has 27 heavy (non-hydrogen) atoms. The minimum absolute atomic E-state index is 0.520. The van der Waals surface area contributed by atoms with E-state index in [4.69, 9.17) is 10.3 Å². The summed E-state index contributed by atoms with van der Waals surface area (Å²) in [6, 6.07) is 0. The Bertz CT molecular complexity index is 779. The van der Waals surface area contributed by atoms with Gasteiger partial charge in [-0.15, -0.1) is 0 Å². The Morgan fingerprint density at radius 1 is 0.852 bits per heavy atom. The van der Waals surface area contributed by atoms with Crippen molar-refractivity contribution in [3.8, 4) is 0 Å². The van der Waals surface area contributed by atoms with Crippen molar-refractivity contribution in [3.05, 3.63) is 10.4 Å². The maximum absolute atomic E-state index is 12.3. The fourth-order valence-electron chi connectivity index (χ4n) is 3.45. The second-order valence-electron chi connectivity index (χ2n) is 6.24. The monoisotopic (exact) mass is 389 g/mol. The molecule has 0 amide bonds. The highest BCUT2D eigenvalue weighted by Crippen LogP contribution is 2.55. The topological polar surface area (TPSA) is 227 Å². The lowest BCUT2D eigenvalue weighted by Crippen LogP contribution is -2.93. The standard InChI is InChI=1S/C14H19N3O10/c1-6(19)10(5-18)11(23,7(2)20)12(24,8(3)21)13(25,9(4)22)14(26,27-10)16-17-15/h18,23-26H,5H2,1-4H3/t10-,11+,12-,13-,14?/m0/s1. The molecule has 0 aromatic carbocycles. The maximum atomic E-state index is 12.3. The van der Waals surface area contributed by atoms with Crippen molar-refractivity contribution in [3.63, 3.8) is 0 Å². The van der Waals surface area contributed by atoms with E-state index >= 15 is 0 Å². The van der Waals surface area contributed by atoms with Crippen LogP contribution in [0, 0.1) is 0 Å². The van der Waals surface area contributed by atoms with Crippen LogP contribution in [0.25, 0.3) is 10.4 Å². The SMILES string of the molecule is CC(=O)[C@]1(O)[C@@](O)(C(C)=O)[C@@](O)(C(C)=O)C(O)(N=[N+]=[N-])O[C@@]1(CO)C(C)=O. The van der Waals surface area contributed by atoms with Gasteiger partial charge in [-0.1, -0.05) is 0 Å². The molecule has 0 saturated carbocycles. The Hall–Kier alpha value is -2.25. The van der Waals surface area contributed by atoms with E-state index < -0.39 is 58.1 Å². The number of carbonyl (C=O) groups excluding carboxylic acids is 4. The summed E-state index contributed by atoms with van der Waals surface area (Å²) in [5, 5.41) is 55.8. The Morgan fingerprint density at radius 2 is 1.26 bits per heavy atom. The molecule has 0 radical (unpaired) electrons. The first-order valence-corrected chi connectivity index (χ1v) is 7.41. The van der Waals surface area contributed by atoms with Crippen molar-refractivity contribution in [2.75, 3.05) is 6.61 Å². The summed E-state index contributed by atoms with van der Waals surface area (Å²) in [7, 11) is 0. The third-order valence-electron chi connectivity index (χ3n) is 4.92. The van der Waals surface area contributed by atoms with Crippen molar-refractivity contribution < 1.29 is 49.4 Å². The summed E-state index contributed by atoms with van der Waals surface area (Å²) in [4.78, 5) is 51.1. The lowest BCUT2D eigenvalue weighted by molar-refractivity contribution is -0.423. The van der Waals surface area contributed by atoms with Crippen molar-refractivity contribution in [2.24, 2.45) is 5.11 Å². The van der Waals surface area contributed by atoms with Gasteiger partial charge in [0.05, 0.1) is 6.61 Å². The Kier molecular flexibility index (Phi) is 5.42. The summed E-state index contributed by atoms with van der Waals surface area (Å²) < 4.78 is 4.79. The van der Waals surface area contributed by atoms with Crippen LogP contribution in [0.1, 0.15) is 27.7 Å². The summed E-state index contributed by atoms with van der Waals surface area (Å²) in [6.07, 6.45) is 0. The predicted molar refractivity (Wildman–Crippen MR) is 82.6 cm³/mol. The molecule has 0 bridgehead atoms. The van der Waals surface area contributed by atoms with Gasteiger partial charge in [-0.2, -0.15) is 0 Å². The van der Waals surface area contributed by atoms with E-state index in [9.17, 15) is 44.7 Å². The van der Waals surface area contributed by atoms with E-state index in [1.54, 1.807) is 0 Å². The van der Waals surface area contributed by atoms with E-state index in [0.29, 0.717) is 27.7 Å². The van der Waals surface area contributed by atoms with E-state index in [0.717, 1.165) is 0 Å². The van der Waals surface area contributed by atoms with Crippen molar-refractivity contribution in [1.29, 1.82) is 0 Å². The predicted octanol–water partition coefficient (Wildman–Crippen LogP) is -2.75. The summed E-state index contributed by atoms with van der Waals surface area (Å²) in [5.41, 5.74) is -6.27. The lowest BCUT2D eigenvalue weighted by atomic mass is 9.55. The Morgan fingerprint density at radius 3 is 1.52 bits per heavy atom. The number of rotatable bonds is 6. The fourth-order valence-corrected chi connectivity index (χ4v) is 3.45. The van der Waals surface area contributed by atoms with Gasteiger partial charge in [0.15, 0.2) is 28.7 Å². The molecule has 150 valence electrons. The van der Waals surface area contributed by atoms with Crippen LogP contribution in [-0.2, 0) is 23.9 Å². The molecule has 13 nitrogen and oxygen atoms in total. The van der Waals surface area contributed by atoms with Crippen LogP contribution in [0.5, 0.6) is 0 Å². The van der Waals surface area contributed by atoms with E-state index in [1.807, 2.05) is 0 Å². The minimum Gasteiger partial charge on any atom is -0.393 e. The molecule has 0 spiro atoms. The average molecular weight is 389 g/mol. The number of Topliss-reactive ketones (excluding diaryl/α,β-unsaturated/α-hetero) is 4. The second-order valence-corrected chi connectivity index (χ2v) is 6.24. The largest absolute Gasteiger partial charge is 0.393 e. The van der Waals surface area contributed by atoms with Gasteiger partial charge in [-0.3, -0.25) is 19.2 Å². The molecule has 5 N–H and O–H groups in total. The average Bonchev–Trinajstić information content (AvgIpc) is 2.55. The first-order valence-electron chi connectivity index (χ1n) is 7.41. The van der Waals surface area contributed by atoms with Crippen LogP contribution < -0.4 is 0 Å². The van der Waals surface area contributed by atoms with Gasteiger partial charge in [0.1, 0.15) is 0 Å². The van der Waals surface area contributed by atoms with Gasteiger partial charge in [0.2, 0.25) is 16.8 Å². The molecule has 1 saturated heterocycles. The highest BCUT2D eigenvalue weighted by Gasteiger charge is 2.87. The van der Waals surface area contributed by atoms with Crippen molar-refractivity contribution in [1.82, 2.24) is 0 Å². The van der Waals surface area contributed by atoms with Crippen LogP contribution in [0.4, 0.5) is 0 Å². The van der Waals surface area contributed by atoms with E-state index in [1.165, 1.54) is 0 Å². The summed E-state index contributed by atoms with van der Waals surface area (Å²) in [5.74, 6) is -10.2. The number of carbonyl (C=O) groups is 4. The van der Waals surface area contributed by atoms with Crippen LogP contribution >= 0.6 is 0 Å². The van der Waals surface area contributed by atoms with Crippen LogP contribution in [0.15, 0.2) is 5.11 Å². The highest BCUT2D eigenvalue weighted by atomic mass is 16.7. The van der Waals surface area contributed by atoms with Crippen LogP contribution in [0.2, 0.25) is 0 Å². The van der Waals surface area contributed by atoms with Gasteiger partial charge < -0.3 is 30.3 Å². The first kappa shape index (κ1) is 22.8. The number of azide groups is 1. The molecule has 5 atom stereocenters. The molecule has 1 heterocycles. The molecule has 0 aromatic heterocycles. The van der Waals surface area contributed by atoms with Gasteiger partial charge in [0.25, 0.3) is 5.91 Å². The number of ether oxygens (including phenoxy) is 1. The van der Waals surface area contributed by atoms with E-state index in [2.05, 4.69) is 10.0 Å². The summed E-state index contributed by atoms with van der Waals surface area (Å²) in [6.45, 7) is 0.648. The molecule has 1 aliphatic rings. The van der Waals surface area contributed by atoms with Crippen molar-refractivity contribution >= 4 is 23.1 Å². The molecular formula is C14H19N3O10. The first-order chi connectivity index (χ1) is 12.1. The zero-order valence-electron chi connectivity index (χ0n) is 14.8. The lowest BCUT2D eigenvalue weighted by Gasteiger charge is -2.62. The summed E-state index contributed by atoms with van der Waals surface area (Å²) >= 11 is 0. The highest BCUT2D eigenvalue weighted by molar-refractivity contribution is 6.09. The number of ketones is 4. The van der Waals surface area contributed by atoms with Crippen LogP contribution in [0.3, 0.4) is 0 Å². The Labute approximate surface area is 151 Å². The van der Waals surface area contributed by atoms with E-state index in [-0.39, 0.29) is 0 Å².